The first-order valence-corrected chi connectivity index (χ1v) is 7.03. The second-order valence-electron chi connectivity index (χ2n) is 4.79. The highest BCUT2D eigenvalue weighted by molar-refractivity contribution is 9.10. The minimum absolute atomic E-state index is 0.0926. The van der Waals surface area contributed by atoms with Gasteiger partial charge in [-0.3, -0.25) is 4.79 Å². The number of nitrogens with zero attached hydrogens (tertiary/aromatic N) is 1. The molecule has 2 rings (SSSR count). The van der Waals surface area contributed by atoms with Crippen LogP contribution in [0.5, 0.6) is 0 Å². The number of carbonyl (C=O) groups excluding carboxylic acids is 1. The highest BCUT2D eigenvalue weighted by Crippen LogP contribution is 2.26. The average molecular weight is 321 g/mol. The van der Waals surface area contributed by atoms with Gasteiger partial charge in [0.15, 0.2) is 0 Å². The summed E-state index contributed by atoms with van der Waals surface area (Å²) in [6, 6.07) is 9.79. The van der Waals surface area contributed by atoms with Gasteiger partial charge in [-0.2, -0.15) is 0 Å². The first-order chi connectivity index (χ1) is 9.00. The summed E-state index contributed by atoms with van der Waals surface area (Å²) in [5.74, 6) is -0.0926. The van der Waals surface area contributed by atoms with Crippen LogP contribution in [0.1, 0.15) is 35.9 Å². The molecule has 4 heteroatoms. The van der Waals surface area contributed by atoms with Gasteiger partial charge in [0.05, 0.1) is 5.69 Å². The number of aryl methyl sites for hydroxylation is 1. The van der Waals surface area contributed by atoms with Gasteiger partial charge in [0.2, 0.25) is 0 Å². The van der Waals surface area contributed by atoms with E-state index in [1.165, 1.54) is 0 Å². The molecule has 3 nitrogen and oxygen atoms in total. The van der Waals surface area contributed by atoms with Crippen LogP contribution in [0.25, 0.3) is 0 Å². The van der Waals surface area contributed by atoms with Crippen molar-refractivity contribution < 1.29 is 4.79 Å². The molecule has 100 valence electrons. The van der Waals surface area contributed by atoms with E-state index in [9.17, 15) is 4.79 Å². The Morgan fingerprint density at radius 2 is 2.00 bits per heavy atom. The van der Waals surface area contributed by atoms with Crippen LogP contribution in [0.15, 0.2) is 41.0 Å². The number of hydrogen-bond donors (Lipinski definition) is 1. The van der Waals surface area contributed by atoms with Crippen molar-refractivity contribution in [1.82, 2.24) is 4.57 Å². The zero-order valence-corrected chi connectivity index (χ0v) is 12.9. The Morgan fingerprint density at radius 1 is 1.26 bits per heavy atom. The summed E-state index contributed by atoms with van der Waals surface area (Å²) < 4.78 is 2.88. The summed E-state index contributed by atoms with van der Waals surface area (Å²) in [7, 11) is 0. The minimum atomic E-state index is -0.0926. The molecule has 0 spiro atoms. The first kappa shape index (κ1) is 13.9. The number of nitrogens with one attached hydrogen (secondary N) is 1. The highest BCUT2D eigenvalue weighted by Gasteiger charge is 2.14. The molecular weight excluding hydrogens is 304 g/mol. The Morgan fingerprint density at radius 3 is 2.68 bits per heavy atom. The summed E-state index contributed by atoms with van der Waals surface area (Å²) in [6.45, 7) is 6.11. The van der Waals surface area contributed by atoms with Gasteiger partial charge >= 0.3 is 0 Å². The van der Waals surface area contributed by atoms with Crippen molar-refractivity contribution in [2.24, 2.45) is 0 Å². The normalized spacial score (nSPS) is 10.8. The van der Waals surface area contributed by atoms with E-state index in [1.807, 2.05) is 48.0 Å². The molecule has 1 heterocycles. The van der Waals surface area contributed by atoms with E-state index in [-0.39, 0.29) is 11.9 Å². The third-order valence-corrected chi connectivity index (χ3v) is 4.06. The predicted molar refractivity (Wildman–Crippen MR) is 81.6 cm³/mol. The first-order valence-electron chi connectivity index (χ1n) is 6.24. The van der Waals surface area contributed by atoms with Crippen LogP contribution in [-0.2, 0) is 0 Å². The lowest BCUT2D eigenvalue weighted by Gasteiger charge is -2.14. The molecule has 0 fully saturated rings. The second-order valence-corrected chi connectivity index (χ2v) is 5.58. The molecule has 1 aromatic carbocycles. The predicted octanol–water partition coefficient (Wildman–Crippen LogP) is 4.39. The van der Waals surface area contributed by atoms with Crippen LogP contribution >= 0.6 is 15.9 Å². The van der Waals surface area contributed by atoms with Crippen molar-refractivity contribution in [3.8, 4) is 0 Å². The van der Waals surface area contributed by atoms with Gasteiger partial charge in [-0.15, -0.1) is 0 Å². The van der Waals surface area contributed by atoms with Gasteiger partial charge in [-0.1, -0.05) is 12.1 Å². The standard InChI is InChI=1S/C15H17BrN2O/c1-10(2)18-9-5-8-13(18)15(19)17-12-7-4-6-11(3)14(12)16/h4-10H,1-3H3,(H,17,19). The number of halogens is 1. The number of amides is 1. The Balaban J connectivity index is 2.26. The molecule has 2 aromatic rings. The van der Waals surface area contributed by atoms with Crippen LogP contribution in [0.3, 0.4) is 0 Å². The molecule has 0 aliphatic heterocycles. The third kappa shape index (κ3) is 2.89. The molecule has 1 N–H and O–H groups in total. The molecule has 1 amide bonds. The SMILES string of the molecule is Cc1cccc(NC(=O)c2cccn2C(C)C)c1Br. The van der Waals surface area contributed by atoms with E-state index >= 15 is 0 Å². The van der Waals surface area contributed by atoms with Crippen molar-refractivity contribution in [3.63, 3.8) is 0 Å². The van der Waals surface area contributed by atoms with Crippen molar-refractivity contribution in [3.05, 3.63) is 52.3 Å². The fraction of sp³-hybridized carbons (Fsp3) is 0.267. The van der Waals surface area contributed by atoms with E-state index in [0.717, 1.165) is 15.7 Å². The molecule has 0 unspecified atom stereocenters. The zero-order valence-electron chi connectivity index (χ0n) is 11.3. The van der Waals surface area contributed by atoms with E-state index < -0.39 is 0 Å². The molecule has 0 bridgehead atoms. The lowest BCUT2D eigenvalue weighted by atomic mass is 10.2. The van der Waals surface area contributed by atoms with Gasteiger partial charge in [0.25, 0.3) is 5.91 Å². The number of carbonyl (C=O) groups is 1. The fourth-order valence-corrected chi connectivity index (χ4v) is 2.33. The average Bonchev–Trinajstić information content (AvgIpc) is 2.84. The number of benzene rings is 1. The van der Waals surface area contributed by atoms with Crippen LogP contribution < -0.4 is 5.32 Å². The molecule has 0 saturated carbocycles. The van der Waals surface area contributed by atoms with Crippen molar-refractivity contribution in [1.29, 1.82) is 0 Å². The van der Waals surface area contributed by atoms with Crippen LogP contribution in [0.4, 0.5) is 5.69 Å². The van der Waals surface area contributed by atoms with Crippen molar-refractivity contribution >= 4 is 27.5 Å². The lowest BCUT2D eigenvalue weighted by Crippen LogP contribution is -2.18. The van der Waals surface area contributed by atoms with Crippen molar-refractivity contribution in [2.45, 2.75) is 26.8 Å². The monoisotopic (exact) mass is 320 g/mol. The molecule has 0 radical (unpaired) electrons. The summed E-state index contributed by atoms with van der Waals surface area (Å²) in [5, 5.41) is 2.94. The summed E-state index contributed by atoms with van der Waals surface area (Å²) in [5.41, 5.74) is 2.56. The summed E-state index contributed by atoms with van der Waals surface area (Å²) >= 11 is 3.50. The fourth-order valence-electron chi connectivity index (χ4n) is 1.97. The number of aromatic nitrogens is 1. The Labute approximate surface area is 121 Å². The molecule has 0 atom stereocenters. The Bertz CT molecular complexity index is 602. The molecule has 19 heavy (non-hydrogen) atoms. The molecule has 0 aliphatic carbocycles. The number of rotatable bonds is 3. The lowest BCUT2D eigenvalue weighted by molar-refractivity contribution is 0.101. The van der Waals surface area contributed by atoms with Crippen LogP contribution in [-0.4, -0.2) is 10.5 Å². The third-order valence-electron chi connectivity index (χ3n) is 3.01. The van der Waals surface area contributed by atoms with Gasteiger partial charge in [0.1, 0.15) is 5.69 Å². The molecular formula is C15H17BrN2O. The quantitative estimate of drug-likeness (QED) is 0.894. The van der Waals surface area contributed by atoms with E-state index in [2.05, 4.69) is 35.1 Å². The number of anilines is 1. The van der Waals surface area contributed by atoms with E-state index in [1.54, 1.807) is 0 Å². The number of hydrogen-bond acceptors (Lipinski definition) is 1. The van der Waals surface area contributed by atoms with E-state index in [0.29, 0.717) is 5.69 Å². The zero-order chi connectivity index (χ0) is 14.0. The van der Waals surface area contributed by atoms with E-state index in [4.69, 9.17) is 0 Å². The smallest absolute Gasteiger partial charge is 0.272 e. The minimum Gasteiger partial charge on any atom is -0.341 e. The van der Waals surface area contributed by atoms with Gasteiger partial charge in [-0.05, 0) is 60.5 Å². The largest absolute Gasteiger partial charge is 0.341 e. The molecule has 0 aliphatic rings. The Kier molecular flexibility index (Phi) is 4.10. The highest BCUT2D eigenvalue weighted by atomic mass is 79.9. The maximum absolute atomic E-state index is 12.3. The Hall–Kier alpha value is -1.55. The molecule has 1 aromatic heterocycles. The second kappa shape index (κ2) is 5.61. The van der Waals surface area contributed by atoms with Crippen LogP contribution in [0, 0.1) is 6.92 Å². The molecule has 0 saturated heterocycles. The maximum Gasteiger partial charge on any atom is 0.272 e. The maximum atomic E-state index is 12.3. The summed E-state index contributed by atoms with van der Waals surface area (Å²) in [4.78, 5) is 12.3. The van der Waals surface area contributed by atoms with Crippen LogP contribution in [0.2, 0.25) is 0 Å². The topological polar surface area (TPSA) is 34.0 Å². The van der Waals surface area contributed by atoms with Gasteiger partial charge in [-0.25, -0.2) is 0 Å². The van der Waals surface area contributed by atoms with Crippen molar-refractivity contribution in [2.75, 3.05) is 5.32 Å². The van der Waals surface area contributed by atoms with Gasteiger partial charge < -0.3 is 9.88 Å². The summed E-state index contributed by atoms with van der Waals surface area (Å²) in [6.07, 6.45) is 1.92. The van der Waals surface area contributed by atoms with Gasteiger partial charge in [0, 0.05) is 16.7 Å².